The number of rotatable bonds is 7. The molecule has 5 nitrogen and oxygen atoms in total. The van der Waals surface area contributed by atoms with Crippen molar-refractivity contribution in [1.82, 2.24) is 15.2 Å². The highest BCUT2D eigenvalue weighted by Crippen LogP contribution is 2.20. The number of nitrogens with one attached hydrogen (secondary N) is 1. The van der Waals surface area contributed by atoms with Gasteiger partial charge in [0, 0.05) is 44.6 Å². The summed E-state index contributed by atoms with van der Waals surface area (Å²) in [5.41, 5.74) is 4.55. The third kappa shape index (κ3) is 5.60. The molecule has 0 radical (unpaired) electrons. The van der Waals surface area contributed by atoms with Crippen molar-refractivity contribution in [2.75, 3.05) is 44.2 Å². The van der Waals surface area contributed by atoms with Crippen LogP contribution in [0.1, 0.15) is 53.7 Å². The van der Waals surface area contributed by atoms with Crippen LogP contribution >= 0.6 is 0 Å². The minimum Gasteiger partial charge on any atom is -0.369 e. The molecule has 1 aromatic carbocycles. The molecule has 0 unspecified atom stereocenters. The summed E-state index contributed by atoms with van der Waals surface area (Å²) in [7, 11) is 0. The van der Waals surface area contributed by atoms with Crippen LogP contribution in [-0.2, 0) is 12.8 Å². The molecular weight excluding hydrogens is 372 g/mol. The van der Waals surface area contributed by atoms with E-state index in [9.17, 15) is 4.79 Å². The number of hydrogen-bond acceptors (Lipinski definition) is 4. The van der Waals surface area contributed by atoms with E-state index < -0.39 is 0 Å². The van der Waals surface area contributed by atoms with Gasteiger partial charge in [0.1, 0.15) is 5.69 Å². The third-order valence-corrected chi connectivity index (χ3v) is 6.39. The zero-order chi connectivity index (χ0) is 20.6. The van der Waals surface area contributed by atoms with E-state index in [1.165, 1.54) is 36.1 Å². The molecule has 160 valence electrons. The highest BCUT2D eigenvalue weighted by Gasteiger charge is 2.17. The third-order valence-electron chi connectivity index (χ3n) is 6.39. The van der Waals surface area contributed by atoms with E-state index in [4.69, 9.17) is 0 Å². The van der Waals surface area contributed by atoms with E-state index >= 15 is 0 Å². The summed E-state index contributed by atoms with van der Waals surface area (Å²) in [6.07, 6.45) is 9.96. The van der Waals surface area contributed by atoms with Crippen molar-refractivity contribution in [3.05, 3.63) is 59.4 Å². The molecule has 30 heavy (non-hydrogen) atoms. The molecule has 2 aliphatic rings. The van der Waals surface area contributed by atoms with Crippen LogP contribution in [0.3, 0.4) is 0 Å². The fourth-order valence-corrected chi connectivity index (χ4v) is 4.54. The second-order valence-corrected chi connectivity index (χ2v) is 8.53. The molecule has 5 heteroatoms. The number of aryl methyl sites for hydroxylation is 2. The Hall–Kier alpha value is -2.40. The van der Waals surface area contributed by atoms with Crippen molar-refractivity contribution < 1.29 is 4.79 Å². The highest BCUT2D eigenvalue weighted by atomic mass is 16.1. The number of aromatic nitrogens is 1. The van der Waals surface area contributed by atoms with E-state index in [1.54, 1.807) is 0 Å². The number of amides is 1. The van der Waals surface area contributed by atoms with E-state index in [0.29, 0.717) is 5.69 Å². The Morgan fingerprint density at radius 3 is 2.50 bits per heavy atom. The summed E-state index contributed by atoms with van der Waals surface area (Å²) in [6.45, 7) is 6.23. The highest BCUT2D eigenvalue weighted by molar-refractivity contribution is 5.92. The van der Waals surface area contributed by atoms with E-state index in [2.05, 4.69) is 50.4 Å². The number of piperazine rings is 1. The maximum absolute atomic E-state index is 12.5. The van der Waals surface area contributed by atoms with Crippen molar-refractivity contribution in [1.29, 1.82) is 0 Å². The van der Waals surface area contributed by atoms with E-state index in [0.717, 1.165) is 65.0 Å². The van der Waals surface area contributed by atoms with Gasteiger partial charge in [0.25, 0.3) is 5.91 Å². The van der Waals surface area contributed by atoms with Gasteiger partial charge in [-0.2, -0.15) is 0 Å². The topological polar surface area (TPSA) is 48.5 Å². The van der Waals surface area contributed by atoms with Crippen molar-refractivity contribution in [2.45, 2.75) is 44.9 Å². The van der Waals surface area contributed by atoms with Crippen LogP contribution in [0.4, 0.5) is 5.69 Å². The lowest BCUT2D eigenvalue weighted by Gasteiger charge is -2.36. The normalized spacial score (nSPS) is 17.3. The fraction of sp³-hybridized carbons (Fsp3) is 0.520. The molecule has 1 aromatic heterocycles. The number of benzene rings is 1. The number of pyridine rings is 1. The molecule has 0 atom stereocenters. The number of anilines is 1. The van der Waals surface area contributed by atoms with Crippen molar-refractivity contribution in [3.8, 4) is 0 Å². The number of hydrogen-bond donors (Lipinski definition) is 1. The summed E-state index contributed by atoms with van der Waals surface area (Å²) in [4.78, 5) is 21.9. The van der Waals surface area contributed by atoms with Crippen molar-refractivity contribution in [2.24, 2.45) is 0 Å². The Balaban J connectivity index is 1.13. The van der Waals surface area contributed by atoms with Crippen LogP contribution in [0.5, 0.6) is 0 Å². The zero-order valence-electron chi connectivity index (χ0n) is 18.0. The van der Waals surface area contributed by atoms with Gasteiger partial charge in [0.2, 0.25) is 0 Å². The summed E-state index contributed by atoms with van der Waals surface area (Å²) in [5.74, 6) is -0.0291. The second kappa shape index (κ2) is 10.6. The number of carbonyl (C=O) groups is 1. The van der Waals surface area contributed by atoms with Crippen LogP contribution in [0.15, 0.2) is 42.6 Å². The molecule has 1 amide bonds. The van der Waals surface area contributed by atoms with Gasteiger partial charge in [-0.25, -0.2) is 0 Å². The lowest BCUT2D eigenvalue weighted by Crippen LogP contribution is -2.46. The Labute approximate surface area is 180 Å². The second-order valence-electron chi connectivity index (χ2n) is 8.53. The molecule has 4 rings (SSSR count). The van der Waals surface area contributed by atoms with Gasteiger partial charge in [-0.05, 0) is 74.4 Å². The molecular formula is C25H34N4O. The fourth-order valence-electron chi connectivity index (χ4n) is 4.54. The molecule has 1 aliphatic heterocycles. The number of carbonyl (C=O) groups excluding carboxylic acids is 1. The Bertz CT molecular complexity index is 815. The van der Waals surface area contributed by atoms with Crippen LogP contribution in [0.25, 0.3) is 0 Å². The molecule has 1 saturated heterocycles. The SMILES string of the molecule is O=C(NCCCCN1CCN(c2ccccc2)CC1)c1cc2c(cn1)CCCCC2. The van der Waals surface area contributed by atoms with Gasteiger partial charge in [0.15, 0.2) is 0 Å². The lowest BCUT2D eigenvalue weighted by atomic mass is 10.0. The minimum absolute atomic E-state index is 0.0291. The van der Waals surface area contributed by atoms with Crippen LogP contribution in [0.2, 0.25) is 0 Å². The van der Waals surface area contributed by atoms with Crippen molar-refractivity contribution >= 4 is 11.6 Å². The number of fused-ring (bicyclic) bond motifs is 1. The first kappa shape index (κ1) is 20.9. The van der Waals surface area contributed by atoms with Crippen LogP contribution in [-0.4, -0.2) is 55.1 Å². The average Bonchev–Trinajstić information content (AvgIpc) is 3.04. The molecule has 2 aromatic rings. The summed E-state index contributed by atoms with van der Waals surface area (Å²) in [6, 6.07) is 12.7. The van der Waals surface area contributed by atoms with Gasteiger partial charge >= 0.3 is 0 Å². The standard InChI is InChI=1S/C25H34N4O/c30-25(24-19-21-9-3-1-4-10-22(21)20-27-24)26-13-7-8-14-28-15-17-29(18-16-28)23-11-5-2-6-12-23/h2,5-6,11-12,19-20H,1,3-4,7-10,13-18H2,(H,26,30). The minimum atomic E-state index is -0.0291. The average molecular weight is 407 g/mol. The lowest BCUT2D eigenvalue weighted by molar-refractivity contribution is 0.0947. The number of para-hydroxylation sites is 1. The summed E-state index contributed by atoms with van der Waals surface area (Å²) in [5, 5.41) is 3.06. The van der Waals surface area contributed by atoms with Gasteiger partial charge in [-0.15, -0.1) is 0 Å². The molecule has 0 bridgehead atoms. The summed E-state index contributed by atoms with van der Waals surface area (Å²) >= 11 is 0. The van der Waals surface area contributed by atoms with E-state index in [1.807, 2.05) is 12.3 Å². The predicted octanol–water partition coefficient (Wildman–Crippen LogP) is 3.68. The van der Waals surface area contributed by atoms with E-state index in [-0.39, 0.29) is 5.91 Å². The molecule has 1 fully saturated rings. The first-order valence-electron chi connectivity index (χ1n) is 11.6. The predicted molar refractivity (Wildman–Crippen MR) is 122 cm³/mol. The Kier molecular flexibility index (Phi) is 7.35. The molecule has 1 aliphatic carbocycles. The van der Waals surface area contributed by atoms with Crippen LogP contribution < -0.4 is 10.2 Å². The van der Waals surface area contributed by atoms with Crippen LogP contribution in [0, 0.1) is 0 Å². The van der Waals surface area contributed by atoms with Gasteiger partial charge < -0.3 is 10.2 Å². The number of nitrogens with zero attached hydrogens (tertiary/aromatic N) is 3. The largest absolute Gasteiger partial charge is 0.369 e. The molecule has 0 saturated carbocycles. The van der Waals surface area contributed by atoms with Gasteiger partial charge in [-0.1, -0.05) is 24.6 Å². The van der Waals surface area contributed by atoms with Gasteiger partial charge in [-0.3, -0.25) is 14.7 Å². The Morgan fingerprint density at radius 2 is 1.70 bits per heavy atom. The molecule has 1 N–H and O–H groups in total. The smallest absolute Gasteiger partial charge is 0.269 e. The van der Waals surface area contributed by atoms with Crippen molar-refractivity contribution in [3.63, 3.8) is 0 Å². The summed E-state index contributed by atoms with van der Waals surface area (Å²) < 4.78 is 0. The maximum atomic E-state index is 12.5. The first-order valence-corrected chi connectivity index (χ1v) is 11.6. The van der Waals surface area contributed by atoms with Gasteiger partial charge in [0.05, 0.1) is 0 Å². The number of unbranched alkanes of at least 4 members (excludes halogenated alkanes) is 1. The zero-order valence-corrected chi connectivity index (χ0v) is 18.0. The maximum Gasteiger partial charge on any atom is 0.269 e. The first-order chi connectivity index (χ1) is 14.8. The quantitative estimate of drug-likeness (QED) is 0.563. The molecule has 0 spiro atoms. The monoisotopic (exact) mass is 406 g/mol. The molecule has 2 heterocycles. The Morgan fingerprint density at radius 1 is 0.933 bits per heavy atom.